The third-order valence-corrected chi connectivity index (χ3v) is 9.29. The molecule has 0 unspecified atom stereocenters. The minimum atomic E-state index is -1.15. The first-order valence-electron chi connectivity index (χ1n) is 17.4. The molecule has 4 aliphatic heterocycles. The molecular weight excluding hydrogens is 726 g/mol. The SMILES string of the molecule is O=C(O)N1CCCN(C(=O)OC(=O)N2CCN(C(=O)OC(=O)N3CCCN(C(=O)O)CC3)CCN(C(=O)OC(=O)N3CCCN(C(=O)O)CC3)CC2)CC1. The highest BCUT2D eigenvalue weighted by molar-refractivity contribution is 5.86. The number of amides is 9. The average molecular weight is 772 g/mol. The number of carbonyl (C=O) groups is 9. The summed E-state index contributed by atoms with van der Waals surface area (Å²) in [6.07, 6.45) is -9.09. The predicted octanol–water partition coefficient (Wildman–Crippen LogP) is 0.733. The van der Waals surface area contributed by atoms with Crippen molar-refractivity contribution in [3.05, 3.63) is 0 Å². The van der Waals surface area contributed by atoms with E-state index in [1.165, 1.54) is 14.7 Å². The first-order valence-corrected chi connectivity index (χ1v) is 17.4. The summed E-state index contributed by atoms with van der Waals surface area (Å²) in [7, 11) is 0. The van der Waals surface area contributed by atoms with E-state index >= 15 is 0 Å². The number of nitrogens with zero attached hydrogens (tertiary/aromatic N) is 9. The van der Waals surface area contributed by atoms with Crippen LogP contribution in [0.3, 0.4) is 0 Å². The second kappa shape index (κ2) is 19.2. The molecule has 4 saturated heterocycles. The van der Waals surface area contributed by atoms with Gasteiger partial charge in [-0.1, -0.05) is 0 Å². The molecule has 4 heterocycles. The van der Waals surface area contributed by atoms with Crippen molar-refractivity contribution in [3.8, 4) is 0 Å². The number of carboxylic acid groups (broad SMARTS) is 3. The van der Waals surface area contributed by atoms with Crippen LogP contribution in [-0.2, 0) is 14.2 Å². The second-order valence-electron chi connectivity index (χ2n) is 12.7. The van der Waals surface area contributed by atoms with E-state index in [0.717, 1.165) is 29.4 Å². The lowest BCUT2D eigenvalue weighted by molar-refractivity contribution is 0.0837. The minimum Gasteiger partial charge on any atom is -0.465 e. The van der Waals surface area contributed by atoms with Gasteiger partial charge >= 0.3 is 54.8 Å². The molecule has 0 aromatic heterocycles. The molecule has 4 rings (SSSR count). The van der Waals surface area contributed by atoms with Gasteiger partial charge in [-0.25, -0.2) is 43.2 Å². The summed E-state index contributed by atoms with van der Waals surface area (Å²) in [6, 6.07) is 0. The van der Waals surface area contributed by atoms with E-state index in [2.05, 4.69) is 0 Å². The lowest BCUT2D eigenvalue weighted by atomic mass is 10.4. The molecule has 0 aromatic rings. The number of carbonyl (C=O) groups excluding carboxylic acids is 6. The normalized spacial score (nSPS) is 19.2. The maximum absolute atomic E-state index is 13.3. The van der Waals surface area contributed by atoms with E-state index in [0.29, 0.717) is 19.3 Å². The summed E-state index contributed by atoms with van der Waals surface area (Å²) in [5.74, 6) is 0. The highest BCUT2D eigenvalue weighted by Gasteiger charge is 2.33. The van der Waals surface area contributed by atoms with Crippen molar-refractivity contribution in [3.63, 3.8) is 0 Å². The summed E-state index contributed by atoms with van der Waals surface area (Å²) in [5, 5.41) is 27.8. The molecule has 4 fully saturated rings. The molecule has 24 nitrogen and oxygen atoms in total. The molecular formula is C30H45N9O15. The minimum absolute atomic E-state index is 0.00158. The van der Waals surface area contributed by atoms with Crippen LogP contribution in [0.15, 0.2) is 0 Å². The zero-order valence-corrected chi connectivity index (χ0v) is 29.6. The van der Waals surface area contributed by atoms with Crippen LogP contribution in [-0.4, -0.2) is 232 Å². The number of rotatable bonds is 0. The molecule has 54 heavy (non-hydrogen) atoms. The maximum Gasteiger partial charge on any atom is 0.418 e. The Morgan fingerprint density at radius 2 is 0.407 bits per heavy atom. The Kier molecular flexibility index (Phi) is 14.5. The van der Waals surface area contributed by atoms with Gasteiger partial charge in [0.25, 0.3) is 0 Å². The summed E-state index contributed by atoms with van der Waals surface area (Å²) < 4.78 is 15.3. The summed E-state index contributed by atoms with van der Waals surface area (Å²) >= 11 is 0. The fraction of sp³-hybridized carbons (Fsp3) is 0.700. The third kappa shape index (κ3) is 11.5. The molecule has 0 atom stereocenters. The second-order valence-corrected chi connectivity index (χ2v) is 12.7. The van der Waals surface area contributed by atoms with Gasteiger partial charge in [-0.15, -0.1) is 0 Å². The van der Waals surface area contributed by atoms with Crippen molar-refractivity contribution >= 4 is 54.8 Å². The van der Waals surface area contributed by atoms with Crippen LogP contribution in [0.4, 0.5) is 43.2 Å². The van der Waals surface area contributed by atoms with Gasteiger partial charge in [0.15, 0.2) is 0 Å². The number of hydrogen-bond acceptors (Lipinski definition) is 12. The van der Waals surface area contributed by atoms with Crippen LogP contribution in [0.25, 0.3) is 0 Å². The molecule has 0 aromatic carbocycles. The van der Waals surface area contributed by atoms with Crippen molar-refractivity contribution in [2.45, 2.75) is 19.3 Å². The van der Waals surface area contributed by atoms with Crippen molar-refractivity contribution < 1.29 is 72.7 Å². The van der Waals surface area contributed by atoms with E-state index in [1.54, 1.807) is 0 Å². The standard InChI is InChI=1S/C30H45N9O15/c40-22(41)31-4-1-7-34(13-10-31)25(46)52-28(49)37-16-18-38(29(50)53-26(47)35-8-2-5-32(11-14-35)23(42)43)20-21-39(19-17-37)30(51)54-27(48)36-9-3-6-33(12-15-36)24(44)45/h1-21H2,(H,40,41)(H,42,43)(H,44,45). The van der Waals surface area contributed by atoms with Gasteiger partial charge in [0.2, 0.25) is 0 Å². The topological polar surface area (TPSA) is 271 Å². The van der Waals surface area contributed by atoms with Crippen LogP contribution in [0, 0.1) is 0 Å². The third-order valence-electron chi connectivity index (χ3n) is 9.29. The number of ether oxygens (including phenoxy) is 3. The van der Waals surface area contributed by atoms with E-state index in [1.807, 2.05) is 0 Å². The Balaban J connectivity index is 1.43. The first kappa shape index (κ1) is 40.8. The maximum atomic E-state index is 13.3. The zero-order valence-electron chi connectivity index (χ0n) is 29.6. The van der Waals surface area contributed by atoms with Crippen molar-refractivity contribution in [2.75, 3.05) is 118 Å². The Labute approximate surface area is 308 Å². The molecule has 300 valence electrons. The van der Waals surface area contributed by atoms with Crippen LogP contribution in [0.1, 0.15) is 19.3 Å². The Morgan fingerprint density at radius 3 is 0.593 bits per heavy atom. The van der Waals surface area contributed by atoms with E-state index in [-0.39, 0.29) is 118 Å². The number of hydrogen-bond donors (Lipinski definition) is 3. The summed E-state index contributed by atoms with van der Waals surface area (Å²) in [5.41, 5.74) is 0. The highest BCUT2D eigenvalue weighted by Crippen LogP contribution is 2.13. The van der Waals surface area contributed by atoms with E-state index < -0.39 is 54.8 Å². The Hall–Kier alpha value is -5.97. The lowest BCUT2D eigenvalue weighted by Gasteiger charge is -2.26. The molecule has 3 N–H and O–H groups in total. The fourth-order valence-electron chi connectivity index (χ4n) is 6.09. The van der Waals surface area contributed by atoms with Gasteiger partial charge in [0.1, 0.15) is 0 Å². The van der Waals surface area contributed by atoms with Gasteiger partial charge in [0.05, 0.1) is 0 Å². The van der Waals surface area contributed by atoms with Crippen molar-refractivity contribution in [2.24, 2.45) is 0 Å². The highest BCUT2D eigenvalue weighted by atomic mass is 16.6. The van der Waals surface area contributed by atoms with Gasteiger partial charge in [-0.3, -0.25) is 0 Å². The zero-order chi connectivity index (χ0) is 39.4. The van der Waals surface area contributed by atoms with Gasteiger partial charge in [-0.05, 0) is 19.3 Å². The Morgan fingerprint density at radius 1 is 0.259 bits per heavy atom. The van der Waals surface area contributed by atoms with E-state index in [4.69, 9.17) is 14.2 Å². The molecule has 9 amide bonds. The Bertz CT molecular complexity index is 1270. The summed E-state index contributed by atoms with van der Waals surface area (Å²) in [4.78, 5) is 123. The summed E-state index contributed by atoms with van der Waals surface area (Å²) in [6.45, 7) is -0.732. The monoisotopic (exact) mass is 771 g/mol. The van der Waals surface area contributed by atoms with Gasteiger partial charge < -0.3 is 73.6 Å². The van der Waals surface area contributed by atoms with Crippen LogP contribution >= 0.6 is 0 Å². The quantitative estimate of drug-likeness (QED) is 0.226. The molecule has 0 radical (unpaired) electrons. The first-order chi connectivity index (χ1) is 25.7. The smallest absolute Gasteiger partial charge is 0.418 e. The lowest BCUT2D eigenvalue weighted by Crippen LogP contribution is -2.45. The van der Waals surface area contributed by atoms with Crippen LogP contribution < -0.4 is 0 Å². The largest absolute Gasteiger partial charge is 0.465 e. The van der Waals surface area contributed by atoms with E-state index in [9.17, 15) is 58.5 Å². The van der Waals surface area contributed by atoms with Crippen LogP contribution in [0.5, 0.6) is 0 Å². The molecule has 0 bridgehead atoms. The van der Waals surface area contributed by atoms with Gasteiger partial charge in [0, 0.05) is 118 Å². The molecule has 0 spiro atoms. The fourth-order valence-corrected chi connectivity index (χ4v) is 6.09. The van der Waals surface area contributed by atoms with Gasteiger partial charge in [-0.2, -0.15) is 0 Å². The molecule has 0 aliphatic carbocycles. The van der Waals surface area contributed by atoms with Crippen LogP contribution in [0.2, 0.25) is 0 Å². The molecule has 4 aliphatic rings. The predicted molar refractivity (Wildman–Crippen MR) is 178 cm³/mol. The molecule has 24 heteroatoms. The average Bonchev–Trinajstić information content (AvgIpc) is 3.61. The van der Waals surface area contributed by atoms with Crippen molar-refractivity contribution in [1.29, 1.82) is 0 Å². The molecule has 0 saturated carbocycles. The van der Waals surface area contributed by atoms with Crippen molar-refractivity contribution in [1.82, 2.24) is 44.1 Å².